The Balaban J connectivity index is 1.73. The van der Waals surface area contributed by atoms with Crippen LogP contribution in [0.3, 0.4) is 0 Å². The second-order valence-electron chi connectivity index (χ2n) is 7.71. The molecule has 3 heterocycles. The van der Waals surface area contributed by atoms with Gasteiger partial charge in [-0.05, 0) is 27.7 Å². The first kappa shape index (κ1) is 18.9. The molecule has 26 heavy (non-hydrogen) atoms. The van der Waals surface area contributed by atoms with Crippen molar-refractivity contribution in [3.63, 3.8) is 0 Å². The molecule has 1 atom stereocenters. The van der Waals surface area contributed by atoms with E-state index in [1.807, 2.05) is 32.6 Å². The Morgan fingerprint density at radius 2 is 2.00 bits per heavy atom. The van der Waals surface area contributed by atoms with Gasteiger partial charge in [-0.15, -0.1) is 11.3 Å². The molecule has 0 bridgehead atoms. The fourth-order valence-corrected chi connectivity index (χ4v) is 4.13. The molecule has 1 N–H and O–H groups in total. The number of aromatic carboxylic acids is 1. The lowest BCUT2D eigenvalue weighted by molar-refractivity contribution is 0.00823. The lowest BCUT2D eigenvalue weighted by Crippen LogP contribution is -2.55. The molecule has 2 aliphatic heterocycles. The van der Waals surface area contributed by atoms with E-state index in [9.17, 15) is 14.7 Å². The third-order valence-corrected chi connectivity index (χ3v) is 5.64. The van der Waals surface area contributed by atoms with Crippen LogP contribution in [-0.4, -0.2) is 71.5 Å². The number of hydrogen-bond acceptors (Lipinski definition) is 7. The van der Waals surface area contributed by atoms with Crippen LogP contribution in [-0.2, 0) is 9.47 Å². The Morgan fingerprint density at radius 1 is 1.31 bits per heavy atom. The van der Waals surface area contributed by atoms with Crippen LogP contribution < -0.4 is 4.90 Å². The Morgan fingerprint density at radius 3 is 2.50 bits per heavy atom. The molecule has 144 valence electrons. The summed E-state index contributed by atoms with van der Waals surface area (Å²) in [5.74, 6) is -0.836. The third kappa shape index (κ3) is 3.93. The lowest BCUT2D eigenvalue weighted by atomic mass is 10.1. The highest BCUT2D eigenvalue weighted by molar-refractivity contribution is 7.16. The van der Waals surface area contributed by atoms with Gasteiger partial charge in [0.2, 0.25) is 0 Å². The second-order valence-corrected chi connectivity index (χ2v) is 8.72. The van der Waals surface area contributed by atoms with Crippen LogP contribution in [0.2, 0.25) is 0 Å². The summed E-state index contributed by atoms with van der Waals surface area (Å²) < 4.78 is 10.6. The van der Waals surface area contributed by atoms with Gasteiger partial charge in [0, 0.05) is 25.7 Å². The van der Waals surface area contributed by atoms with Crippen molar-refractivity contribution in [2.75, 3.05) is 37.7 Å². The fourth-order valence-electron chi connectivity index (χ4n) is 2.97. The summed E-state index contributed by atoms with van der Waals surface area (Å²) in [5, 5.41) is 11.0. The molecule has 0 aromatic carbocycles. The zero-order chi connectivity index (χ0) is 19.1. The van der Waals surface area contributed by atoms with Gasteiger partial charge in [0.15, 0.2) is 5.69 Å². The largest absolute Gasteiger partial charge is 0.476 e. The Labute approximate surface area is 156 Å². The number of nitrogens with zero attached hydrogens (tertiary/aromatic N) is 3. The van der Waals surface area contributed by atoms with E-state index < -0.39 is 11.6 Å². The number of thiazole rings is 1. The summed E-state index contributed by atoms with van der Waals surface area (Å²) in [6, 6.07) is -0.0853. The van der Waals surface area contributed by atoms with E-state index in [0.717, 1.165) is 5.01 Å². The zero-order valence-corrected chi connectivity index (χ0v) is 16.3. The average molecular weight is 383 g/mol. The topological polar surface area (TPSA) is 92.2 Å². The first-order valence-electron chi connectivity index (χ1n) is 8.72. The second kappa shape index (κ2) is 7.03. The van der Waals surface area contributed by atoms with E-state index in [0.29, 0.717) is 37.8 Å². The van der Waals surface area contributed by atoms with Gasteiger partial charge in [0.05, 0.1) is 19.1 Å². The van der Waals surface area contributed by atoms with E-state index in [2.05, 4.69) is 4.98 Å². The van der Waals surface area contributed by atoms with Crippen molar-refractivity contribution in [1.82, 2.24) is 9.88 Å². The van der Waals surface area contributed by atoms with Gasteiger partial charge < -0.3 is 24.4 Å². The van der Waals surface area contributed by atoms with Gasteiger partial charge in [-0.2, -0.15) is 0 Å². The predicted molar refractivity (Wildman–Crippen MR) is 97.2 cm³/mol. The van der Waals surface area contributed by atoms with E-state index in [1.165, 1.54) is 11.3 Å². The molecule has 0 saturated carbocycles. The molecule has 0 unspecified atom stereocenters. The molecule has 1 aromatic rings. The maximum absolute atomic E-state index is 12.3. The summed E-state index contributed by atoms with van der Waals surface area (Å²) in [5.41, 5.74) is -0.447. The summed E-state index contributed by atoms with van der Waals surface area (Å²) >= 11 is 1.42. The van der Waals surface area contributed by atoms with Gasteiger partial charge >= 0.3 is 12.1 Å². The minimum absolute atomic E-state index is 0.0853. The Kier molecular flexibility index (Phi) is 5.12. The molecule has 1 amide bonds. The first-order chi connectivity index (χ1) is 12.2. The molecular formula is C17H25N3O5S. The van der Waals surface area contributed by atoms with Crippen LogP contribution in [0.15, 0.2) is 0 Å². The summed E-state index contributed by atoms with van der Waals surface area (Å²) in [6.07, 6.45) is -0.334. The normalized spacial score (nSPS) is 21.5. The lowest BCUT2D eigenvalue weighted by Gasteiger charge is -2.40. The Hall–Kier alpha value is -1.87. The Bertz CT molecular complexity index is 695. The zero-order valence-electron chi connectivity index (χ0n) is 15.5. The van der Waals surface area contributed by atoms with Gasteiger partial charge in [-0.25, -0.2) is 14.6 Å². The minimum atomic E-state index is -1.02. The molecule has 9 heteroatoms. The minimum Gasteiger partial charge on any atom is -0.476 e. The van der Waals surface area contributed by atoms with Crippen LogP contribution in [0.4, 0.5) is 9.80 Å². The average Bonchev–Trinajstić information content (AvgIpc) is 2.88. The van der Waals surface area contributed by atoms with Gasteiger partial charge in [0.1, 0.15) is 15.6 Å². The van der Waals surface area contributed by atoms with Crippen molar-refractivity contribution in [1.29, 1.82) is 0 Å². The van der Waals surface area contributed by atoms with Crippen molar-refractivity contribution in [2.45, 2.75) is 45.3 Å². The third-order valence-electron chi connectivity index (χ3n) is 4.36. The molecular weight excluding hydrogens is 358 g/mol. The quantitative estimate of drug-likeness (QED) is 0.857. The standard InChI is InChI=1S/C17H25N3O5S/c1-10-7-19(5-6-20(10)16(23)25-17(2,3)4)14-12(15(21)22)18-13(26-14)11-8-24-9-11/h10-11H,5-9H2,1-4H3,(H,21,22)/t10-/m1/s1. The number of ether oxygens (including phenoxy) is 2. The van der Waals surface area contributed by atoms with Crippen LogP contribution in [0.25, 0.3) is 0 Å². The first-order valence-corrected chi connectivity index (χ1v) is 9.53. The molecule has 8 nitrogen and oxygen atoms in total. The highest BCUT2D eigenvalue weighted by Crippen LogP contribution is 2.36. The maximum Gasteiger partial charge on any atom is 0.410 e. The van der Waals surface area contributed by atoms with E-state index in [-0.39, 0.29) is 23.7 Å². The highest BCUT2D eigenvalue weighted by atomic mass is 32.1. The van der Waals surface area contributed by atoms with Crippen molar-refractivity contribution in [2.24, 2.45) is 0 Å². The number of carboxylic acid groups (broad SMARTS) is 1. The predicted octanol–water partition coefficient (Wildman–Crippen LogP) is 2.40. The molecule has 0 spiro atoms. The van der Waals surface area contributed by atoms with Crippen molar-refractivity contribution < 1.29 is 24.2 Å². The van der Waals surface area contributed by atoms with Gasteiger partial charge in [0.25, 0.3) is 0 Å². The van der Waals surface area contributed by atoms with Crippen molar-refractivity contribution >= 4 is 28.4 Å². The van der Waals surface area contributed by atoms with Gasteiger partial charge in [-0.1, -0.05) is 0 Å². The number of carbonyl (C=O) groups excluding carboxylic acids is 1. The van der Waals surface area contributed by atoms with E-state index in [1.54, 1.807) is 4.90 Å². The molecule has 2 saturated heterocycles. The molecule has 3 rings (SSSR count). The number of aromatic nitrogens is 1. The fraction of sp³-hybridized carbons (Fsp3) is 0.706. The van der Waals surface area contributed by atoms with Crippen LogP contribution in [0.1, 0.15) is 49.1 Å². The van der Waals surface area contributed by atoms with Crippen molar-refractivity contribution in [3.8, 4) is 0 Å². The number of hydrogen-bond donors (Lipinski definition) is 1. The summed E-state index contributed by atoms with van der Waals surface area (Å²) in [7, 11) is 0. The van der Waals surface area contributed by atoms with E-state index in [4.69, 9.17) is 9.47 Å². The number of carboxylic acids is 1. The monoisotopic (exact) mass is 383 g/mol. The number of rotatable bonds is 3. The van der Waals surface area contributed by atoms with Crippen LogP contribution in [0, 0.1) is 0 Å². The van der Waals surface area contributed by atoms with E-state index >= 15 is 0 Å². The summed E-state index contributed by atoms with van der Waals surface area (Å²) in [6.45, 7) is 10.2. The number of piperazine rings is 1. The van der Waals surface area contributed by atoms with Gasteiger partial charge in [-0.3, -0.25) is 0 Å². The maximum atomic E-state index is 12.3. The number of anilines is 1. The molecule has 0 aliphatic carbocycles. The molecule has 1 aromatic heterocycles. The number of amides is 1. The molecule has 2 aliphatic rings. The van der Waals surface area contributed by atoms with Crippen LogP contribution >= 0.6 is 11.3 Å². The smallest absolute Gasteiger partial charge is 0.410 e. The SMILES string of the molecule is C[C@@H]1CN(c2sc(C3COC3)nc2C(=O)O)CCN1C(=O)OC(C)(C)C. The number of carbonyl (C=O) groups is 2. The highest BCUT2D eigenvalue weighted by Gasteiger charge is 2.35. The van der Waals surface area contributed by atoms with Crippen molar-refractivity contribution in [3.05, 3.63) is 10.7 Å². The summed E-state index contributed by atoms with van der Waals surface area (Å²) in [4.78, 5) is 32.0. The molecule has 2 fully saturated rings. The molecule has 0 radical (unpaired) electrons. The van der Waals surface area contributed by atoms with Crippen LogP contribution in [0.5, 0.6) is 0 Å².